The van der Waals surface area contributed by atoms with Crippen molar-refractivity contribution in [1.29, 1.82) is 0 Å². The third-order valence-corrected chi connectivity index (χ3v) is 4.95. The molecule has 0 amide bonds. The maximum atomic E-state index is 8.79. The minimum atomic E-state index is 0.248. The van der Waals surface area contributed by atoms with Gasteiger partial charge in [-0.3, -0.25) is 4.68 Å². The van der Waals surface area contributed by atoms with Crippen LogP contribution in [0.1, 0.15) is 24.6 Å². The van der Waals surface area contributed by atoms with Crippen LogP contribution in [0, 0.1) is 0 Å². The first-order valence-corrected chi connectivity index (χ1v) is 8.80. The first-order valence-electron chi connectivity index (χ1n) is 7.43. The zero-order chi connectivity index (χ0) is 15.9. The molecule has 0 radical (unpaired) electrons. The molecule has 22 heavy (non-hydrogen) atoms. The van der Waals surface area contributed by atoms with E-state index in [2.05, 4.69) is 41.6 Å². The van der Waals surface area contributed by atoms with E-state index in [4.69, 9.17) is 16.7 Å². The van der Waals surface area contributed by atoms with Gasteiger partial charge in [0.1, 0.15) is 5.15 Å². The molecule has 2 rings (SSSR count). The van der Waals surface area contributed by atoms with Gasteiger partial charge in [-0.2, -0.15) is 5.10 Å². The molecule has 120 valence electrons. The monoisotopic (exact) mass is 339 g/mol. The number of hydrogen-bond acceptors (Lipinski definition) is 4. The van der Waals surface area contributed by atoms with Crippen molar-refractivity contribution >= 4 is 29.1 Å². The maximum absolute atomic E-state index is 8.79. The van der Waals surface area contributed by atoms with Crippen LogP contribution in [0.4, 0.5) is 5.69 Å². The van der Waals surface area contributed by atoms with Gasteiger partial charge in [-0.05, 0) is 37.1 Å². The lowest BCUT2D eigenvalue weighted by Gasteiger charge is -2.08. The van der Waals surface area contributed by atoms with E-state index >= 15 is 0 Å². The van der Waals surface area contributed by atoms with Gasteiger partial charge < -0.3 is 10.4 Å². The van der Waals surface area contributed by atoms with Crippen molar-refractivity contribution in [2.75, 3.05) is 17.7 Å². The number of halogens is 1. The Morgan fingerprint density at radius 1 is 1.32 bits per heavy atom. The van der Waals surface area contributed by atoms with Gasteiger partial charge >= 0.3 is 0 Å². The fraction of sp³-hybridized carbons (Fsp3) is 0.438. The van der Waals surface area contributed by atoms with Crippen LogP contribution in [-0.4, -0.2) is 27.2 Å². The van der Waals surface area contributed by atoms with Gasteiger partial charge in [0.05, 0.1) is 5.69 Å². The lowest BCUT2D eigenvalue weighted by atomic mass is 10.2. The molecule has 0 saturated heterocycles. The van der Waals surface area contributed by atoms with Crippen molar-refractivity contribution in [3.8, 4) is 0 Å². The highest BCUT2D eigenvalue weighted by Crippen LogP contribution is 2.23. The topological polar surface area (TPSA) is 50.1 Å². The van der Waals surface area contributed by atoms with E-state index in [1.165, 1.54) is 4.90 Å². The van der Waals surface area contributed by atoms with E-state index in [-0.39, 0.29) is 6.61 Å². The standard InChI is InChI=1S/C16H22ClN3OS/c1-3-15-14(16(17)20(2)19-15)11-18-12-5-7-13(8-6-12)22-10-4-9-21/h5-8,18,21H,3-4,9-11H2,1-2H3. The van der Waals surface area contributed by atoms with Crippen LogP contribution in [-0.2, 0) is 20.0 Å². The molecule has 1 heterocycles. The van der Waals surface area contributed by atoms with Crippen molar-refractivity contribution in [3.05, 3.63) is 40.7 Å². The molecule has 1 aromatic heterocycles. The van der Waals surface area contributed by atoms with Crippen molar-refractivity contribution in [3.63, 3.8) is 0 Å². The van der Waals surface area contributed by atoms with Crippen LogP contribution in [0.3, 0.4) is 0 Å². The van der Waals surface area contributed by atoms with Crippen LogP contribution in [0.5, 0.6) is 0 Å². The highest BCUT2D eigenvalue weighted by atomic mass is 35.5. The van der Waals surface area contributed by atoms with Gasteiger partial charge in [0.15, 0.2) is 0 Å². The molecule has 2 aromatic rings. The Hall–Kier alpha value is -1.17. The Morgan fingerprint density at radius 2 is 2.05 bits per heavy atom. The van der Waals surface area contributed by atoms with Crippen molar-refractivity contribution < 1.29 is 5.11 Å². The summed E-state index contributed by atoms with van der Waals surface area (Å²) >= 11 is 8.05. The van der Waals surface area contributed by atoms with E-state index in [9.17, 15) is 0 Å². The van der Waals surface area contributed by atoms with E-state index in [1.54, 1.807) is 16.4 Å². The summed E-state index contributed by atoms with van der Waals surface area (Å²) in [6.45, 7) is 3.01. The predicted molar refractivity (Wildman–Crippen MR) is 93.8 cm³/mol. The minimum Gasteiger partial charge on any atom is -0.396 e. The third-order valence-electron chi connectivity index (χ3n) is 3.38. The number of aromatic nitrogens is 2. The number of nitrogens with zero attached hydrogens (tertiary/aromatic N) is 2. The summed E-state index contributed by atoms with van der Waals surface area (Å²) < 4.78 is 1.72. The SMILES string of the molecule is CCc1nn(C)c(Cl)c1CNc1ccc(SCCCO)cc1. The molecule has 0 spiro atoms. The molecule has 0 aliphatic rings. The Kier molecular flexibility index (Phi) is 6.61. The van der Waals surface area contributed by atoms with Gasteiger partial charge in [-0.15, -0.1) is 11.8 Å². The molecule has 0 unspecified atom stereocenters. The zero-order valence-electron chi connectivity index (χ0n) is 13.0. The van der Waals surface area contributed by atoms with E-state index in [0.29, 0.717) is 11.7 Å². The summed E-state index contributed by atoms with van der Waals surface area (Å²) in [4.78, 5) is 1.22. The average molecular weight is 340 g/mol. The summed E-state index contributed by atoms with van der Waals surface area (Å²) in [7, 11) is 1.86. The fourth-order valence-electron chi connectivity index (χ4n) is 2.17. The Morgan fingerprint density at radius 3 is 2.68 bits per heavy atom. The lowest BCUT2D eigenvalue weighted by molar-refractivity contribution is 0.296. The number of thioether (sulfide) groups is 1. The summed E-state index contributed by atoms with van der Waals surface area (Å²) in [6.07, 6.45) is 1.70. The Balaban J connectivity index is 1.94. The first kappa shape index (κ1) is 17.2. The Labute approximate surface area is 140 Å². The molecule has 6 heteroatoms. The molecule has 0 fully saturated rings. The second-order valence-corrected chi connectivity index (χ2v) is 6.52. The van der Waals surface area contributed by atoms with E-state index in [1.807, 2.05) is 7.05 Å². The van der Waals surface area contributed by atoms with Crippen molar-refractivity contribution in [2.24, 2.45) is 7.05 Å². The maximum Gasteiger partial charge on any atom is 0.131 e. The molecule has 2 N–H and O–H groups in total. The van der Waals surface area contributed by atoms with Gasteiger partial charge in [0, 0.05) is 42.1 Å². The minimum absolute atomic E-state index is 0.248. The number of benzene rings is 1. The van der Waals surface area contributed by atoms with Gasteiger partial charge in [-0.1, -0.05) is 18.5 Å². The summed E-state index contributed by atoms with van der Waals surface area (Å²) in [5, 5.41) is 17.3. The molecule has 0 saturated carbocycles. The summed E-state index contributed by atoms with van der Waals surface area (Å²) in [5.74, 6) is 0.939. The quantitative estimate of drug-likeness (QED) is 0.568. The molecule has 0 bridgehead atoms. The number of nitrogens with one attached hydrogen (secondary N) is 1. The fourth-order valence-corrected chi connectivity index (χ4v) is 3.22. The van der Waals surface area contributed by atoms with Crippen molar-refractivity contribution in [1.82, 2.24) is 9.78 Å². The second kappa shape index (κ2) is 8.46. The zero-order valence-corrected chi connectivity index (χ0v) is 14.5. The average Bonchev–Trinajstić information content (AvgIpc) is 2.81. The molecule has 1 aromatic carbocycles. The smallest absolute Gasteiger partial charge is 0.131 e. The summed E-state index contributed by atoms with van der Waals surface area (Å²) in [5.41, 5.74) is 3.16. The van der Waals surface area contributed by atoms with Crippen LogP contribution in [0.25, 0.3) is 0 Å². The largest absolute Gasteiger partial charge is 0.396 e. The lowest BCUT2D eigenvalue weighted by Crippen LogP contribution is -2.01. The number of aliphatic hydroxyl groups excluding tert-OH is 1. The third kappa shape index (κ3) is 4.41. The number of aryl methyl sites for hydroxylation is 2. The van der Waals surface area contributed by atoms with Crippen LogP contribution < -0.4 is 5.32 Å². The van der Waals surface area contributed by atoms with Crippen LogP contribution in [0.2, 0.25) is 5.15 Å². The highest BCUT2D eigenvalue weighted by molar-refractivity contribution is 7.99. The first-order chi connectivity index (χ1) is 10.7. The number of aliphatic hydroxyl groups is 1. The van der Waals surface area contributed by atoms with E-state index in [0.717, 1.165) is 35.5 Å². The number of rotatable bonds is 8. The molecule has 0 atom stereocenters. The number of anilines is 1. The second-order valence-electron chi connectivity index (χ2n) is 5.00. The van der Waals surface area contributed by atoms with Crippen LogP contribution in [0.15, 0.2) is 29.2 Å². The molecule has 0 aliphatic heterocycles. The molecular weight excluding hydrogens is 318 g/mol. The normalized spacial score (nSPS) is 10.9. The number of hydrogen-bond donors (Lipinski definition) is 2. The van der Waals surface area contributed by atoms with Gasteiger partial charge in [0.2, 0.25) is 0 Å². The van der Waals surface area contributed by atoms with Crippen LogP contribution >= 0.6 is 23.4 Å². The highest BCUT2D eigenvalue weighted by Gasteiger charge is 2.12. The predicted octanol–water partition coefficient (Wildman–Crippen LogP) is 3.72. The van der Waals surface area contributed by atoms with Gasteiger partial charge in [0.25, 0.3) is 0 Å². The van der Waals surface area contributed by atoms with E-state index < -0.39 is 0 Å². The molecule has 0 aliphatic carbocycles. The Bertz CT molecular complexity index is 598. The summed E-state index contributed by atoms with van der Waals surface area (Å²) in [6, 6.07) is 8.32. The molecular formula is C16H22ClN3OS. The van der Waals surface area contributed by atoms with Gasteiger partial charge in [-0.25, -0.2) is 0 Å². The molecule has 4 nitrogen and oxygen atoms in total. The van der Waals surface area contributed by atoms with Crippen molar-refractivity contribution in [2.45, 2.75) is 31.2 Å².